The molecule has 1 aliphatic carbocycles. The molecule has 1 aliphatic heterocycles. The van der Waals surface area contributed by atoms with Crippen LogP contribution in [0, 0.1) is 14.9 Å². The molecule has 0 unspecified atom stereocenters. The highest BCUT2D eigenvalue weighted by Gasteiger charge is 2.41. The van der Waals surface area contributed by atoms with E-state index in [2.05, 4.69) is 28.7 Å². The second-order valence-corrected chi connectivity index (χ2v) is 9.40. The summed E-state index contributed by atoms with van der Waals surface area (Å²) in [5.74, 6) is -0.129. The third-order valence-corrected chi connectivity index (χ3v) is 6.87. The molecule has 0 spiro atoms. The third kappa shape index (κ3) is 4.91. The number of rotatable bonds is 7. The van der Waals surface area contributed by atoms with Gasteiger partial charge < -0.3 is 24.7 Å². The molecular weight excluding hydrogens is 575 g/mol. The van der Waals surface area contributed by atoms with E-state index in [0.29, 0.717) is 63.4 Å². The molecule has 4 rings (SSSR count). The number of nitrogens with two attached hydrogens (primary N) is 1. The summed E-state index contributed by atoms with van der Waals surface area (Å²) in [4.78, 5) is 25.8. The molecule has 1 atom stereocenters. The highest BCUT2D eigenvalue weighted by Crippen LogP contribution is 2.47. The Hall–Kier alpha value is -3.52. The van der Waals surface area contributed by atoms with Gasteiger partial charge in [0.05, 0.1) is 34.8 Å². The fourth-order valence-electron chi connectivity index (χ4n) is 4.46. The van der Waals surface area contributed by atoms with E-state index in [1.54, 1.807) is 18.2 Å². The van der Waals surface area contributed by atoms with E-state index < -0.39 is 11.9 Å². The zero-order chi connectivity index (χ0) is 25.8. The van der Waals surface area contributed by atoms with Gasteiger partial charge in [0.15, 0.2) is 17.3 Å². The van der Waals surface area contributed by atoms with Gasteiger partial charge in [0.1, 0.15) is 17.9 Å². The first-order valence-corrected chi connectivity index (χ1v) is 12.6. The van der Waals surface area contributed by atoms with Crippen LogP contribution in [0.5, 0.6) is 11.5 Å². The summed E-state index contributed by atoms with van der Waals surface area (Å²) in [5, 5.41) is 9.39. The predicted octanol–water partition coefficient (Wildman–Crippen LogP) is 4.60. The van der Waals surface area contributed by atoms with Crippen LogP contribution in [0.1, 0.15) is 48.8 Å². The molecule has 0 aromatic heterocycles. The first-order valence-electron chi connectivity index (χ1n) is 11.5. The number of benzene rings is 2. The first-order chi connectivity index (χ1) is 17.4. The second kappa shape index (κ2) is 11.0. The number of ketones is 1. The zero-order valence-corrected chi connectivity index (χ0v) is 22.1. The third-order valence-electron chi connectivity index (χ3n) is 6.06. The summed E-state index contributed by atoms with van der Waals surface area (Å²) < 4.78 is 23.5. The molecule has 2 aromatic rings. The van der Waals surface area contributed by atoms with Crippen LogP contribution in [0.2, 0.25) is 0 Å². The Bertz CT molecular complexity index is 1320. The van der Waals surface area contributed by atoms with E-state index in [9.17, 15) is 14.9 Å². The Morgan fingerprint density at radius 2 is 2.03 bits per heavy atom. The topological polar surface area (TPSA) is 121 Å². The normalized spacial score (nSPS) is 17.2. The number of halogens is 1. The molecule has 8 nitrogen and oxygen atoms in total. The summed E-state index contributed by atoms with van der Waals surface area (Å²) in [6.45, 7) is 2.39. The molecule has 0 amide bonds. The SMILES string of the molecule is CCOc1cc([C@@H]2C(C(=O)OC)=C(N)OC3=C2C(=O)CCC3)cc(I)c1OCc1ccccc1C#N. The van der Waals surface area contributed by atoms with E-state index in [-0.39, 0.29) is 23.8 Å². The number of carbonyl (C=O) groups is 2. The van der Waals surface area contributed by atoms with Crippen molar-refractivity contribution in [2.45, 2.75) is 38.7 Å². The minimum atomic E-state index is -0.755. The molecule has 0 radical (unpaired) electrons. The number of allylic oxidation sites excluding steroid dienone is 2. The van der Waals surface area contributed by atoms with Crippen molar-refractivity contribution >= 4 is 34.3 Å². The minimum Gasteiger partial charge on any atom is -0.490 e. The van der Waals surface area contributed by atoms with Gasteiger partial charge in [-0.15, -0.1) is 0 Å². The number of esters is 1. The van der Waals surface area contributed by atoms with Gasteiger partial charge >= 0.3 is 5.97 Å². The predicted molar refractivity (Wildman–Crippen MR) is 139 cm³/mol. The van der Waals surface area contributed by atoms with Gasteiger partial charge in [-0.05, 0) is 59.7 Å². The summed E-state index contributed by atoms with van der Waals surface area (Å²) in [5.41, 5.74) is 8.59. The summed E-state index contributed by atoms with van der Waals surface area (Å²) >= 11 is 2.13. The molecule has 0 saturated carbocycles. The van der Waals surface area contributed by atoms with E-state index in [1.165, 1.54) is 7.11 Å². The molecule has 0 saturated heterocycles. The number of nitriles is 1. The zero-order valence-electron chi connectivity index (χ0n) is 19.9. The summed E-state index contributed by atoms with van der Waals surface area (Å²) in [6, 6.07) is 13.0. The molecule has 0 bridgehead atoms. The molecule has 186 valence electrons. The average Bonchev–Trinajstić information content (AvgIpc) is 2.87. The Kier molecular flexibility index (Phi) is 7.84. The van der Waals surface area contributed by atoms with Gasteiger partial charge in [0.2, 0.25) is 5.88 Å². The van der Waals surface area contributed by atoms with Crippen LogP contribution in [0.3, 0.4) is 0 Å². The van der Waals surface area contributed by atoms with Crippen molar-refractivity contribution in [2.24, 2.45) is 5.73 Å². The van der Waals surface area contributed by atoms with Crippen LogP contribution in [-0.2, 0) is 25.7 Å². The largest absolute Gasteiger partial charge is 0.490 e. The maximum Gasteiger partial charge on any atom is 0.340 e. The number of hydrogen-bond acceptors (Lipinski definition) is 8. The van der Waals surface area contributed by atoms with Gasteiger partial charge in [0.25, 0.3) is 0 Å². The van der Waals surface area contributed by atoms with Crippen LogP contribution in [0.4, 0.5) is 0 Å². The average molecular weight is 600 g/mol. The highest BCUT2D eigenvalue weighted by molar-refractivity contribution is 14.1. The van der Waals surface area contributed by atoms with Crippen molar-refractivity contribution in [3.63, 3.8) is 0 Å². The van der Waals surface area contributed by atoms with Crippen molar-refractivity contribution in [1.82, 2.24) is 0 Å². The summed E-state index contributed by atoms with van der Waals surface area (Å²) in [6.07, 6.45) is 1.58. The number of ether oxygens (including phenoxy) is 4. The fraction of sp³-hybridized carbons (Fsp3) is 0.296. The molecule has 1 heterocycles. The molecule has 9 heteroatoms. The quantitative estimate of drug-likeness (QED) is 0.362. The Morgan fingerprint density at radius 3 is 2.75 bits per heavy atom. The molecule has 36 heavy (non-hydrogen) atoms. The number of nitrogens with zero attached hydrogens (tertiary/aromatic N) is 1. The van der Waals surface area contributed by atoms with E-state index in [1.807, 2.05) is 25.1 Å². The Morgan fingerprint density at radius 1 is 1.25 bits per heavy atom. The van der Waals surface area contributed by atoms with Gasteiger partial charge in [0, 0.05) is 24.0 Å². The van der Waals surface area contributed by atoms with Crippen molar-refractivity contribution in [3.8, 4) is 17.6 Å². The maximum atomic E-state index is 13.0. The van der Waals surface area contributed by atoms with Crippen molar-refractivity contribution in [1.29, 1.82) is 5.26 Å². The number of methoxy groups -OCH3 is 1. The van der Waals surface area contributed by atoms with Crippen molar-refractivity contribution in [2.75, 3.05) is 13.7 Å². The van der Waals surface area contributed by atoms with E-state index in [0.717, 1.165) is 5.56 Å². The van der Waals surface area contributed by atoms with Crippen LogP contribution in [0.25, 0.3) is 0 Å². The maximum absolute atomic E-state index is 13.0. The second-order valence-electron chi connectivity index (χ2n) is 8.24. The van der Waals surface area contributed by atoms with Gasteiger partial charge in [-0.25, -0.2) is 4.79 Å². The van der Waals surface area contributed by atoms with Crippen LogP contribution in [0.15, 0.2) is 59.2 Å². The lowest BCUT2D eigenvalue weighted by Gasteiger charge is -2.32. The lowest BCUT2D eigenvalue weighted by atomic mass is 9.77. The number of carbonyl (C=O) groups excluding carboxylic acids is 2. The Labute approximate surface area is 222 Å². The van der Waals surface area contributed by atoms with Crippen molar-refractivity contribution in [3.05, 3.63) is 79.4 Å². The Balaban J connectivity index is 1.80. The van der Waals surface area contributed by atoms with E-state index >= 15 is 0 Å². The fourth-order valence-corrected chi connectivity index (χ4v) is 5.24. The lowest BCUT2D eigenvalue weighted by Crippen LogP contribution is -2.31. The minimum absolute atomic E-state index is 0.0679. The number of hydrogen-bond donors (Lipinski definition) is 1. The van der Waals surface area contributed by atoms with Crippen LogP contribution >= 0.6 is 22.6 Å². The molecule has 2 aliphatic rings. The molecule has 2 N–H and O–H groups in total. The number of Topliss-reactive ketones (excluding diaryl/α,β-unsaturated/α-hetero) is 1. The van der Waals surface area contributed by atoms with Gasteiger partial charge in [-0.1, -0.05) is 18.2 Å². The standard InChI is InChI=1S/C27H25IN2O6/c1-3-34-21-12-17(11-18(28)25(21)35-14-16-8-5-4-7-15(16)13-29)22-23-19(31)9-6-10-20(23)36-26(30)24(22)27(32)33-2/h4-5,7-8,11-12,22H,3,6,9-10,14,30H2,1-2H3/t22-/m0/s1. The molecule has 0 fully saturated rings. The van der Waals surface area contributed by atoms with Crippen LogP contribution < -0.4 is 15.2 Å². The van der Waals surface area contributed by atoms with Crippen molar-refractivity contribution < 1.29 is 28.5 Å². The molecule has 2 aromatic carbocycles. The van der Waals surface area contributed by atoms with Gasteiger partial charge in [-0.3, -0.25) is 4.79 Å². The lowest BCUT2D eigenvalue weighted by molar-refractivity contribution is -0.136. The van der Waals surface area contributed by atoms with Gasteiger partial charge in [-0.2, -0.15) is 5.26 Å². The highest BCUT2D eigenvalue weighted by atomic mass is 127. The van der Waals surface area contributed by atoms with Crippen LogP contribution in [-0.4, -0.2) is 25.5 Å². The summed E-state index contributed by atoms with van der Waals surface area (Å²) in [7, 11) is 1.26. The smallest absolute Gasteiger partial charge is 0.340 e. The first kappa shape index (κ1) is 25.6. The monoisotopic (exact) mass is 600 g/mol. The molecular formula is C27H25IN2O6. The van der Waals surface area contributed by atoms with E-state index in [4.69, 9.17) is 24.7 Å².